The quantitative estimate of drug-likeness (QED) is 0.232. The third-order valence-corrected chi connectivity index (χ3v) is 9.42. The second-order valence-corrected chi connectivity index (χ2v) is 11.9. The molecule has 194 valence electrons. The number of nitrogens with zero attached hydrogens (tertiary/aromatic N) is 1. The SMILES string of the molecule is CC1(C)c2cccc3ccc4cc(N(c5ccccc5)c5ccc6ccc7c(O)ccc8ccc5c6c87)cc1c4c23. The molecule has 1 aliphatic rings. The molecule has 0 amide bonds. The molecule has 9 rings (SSSR count). The molecule has 0 aliphatic heterocycles. The first-order chi connectivity index (χ1) is 20.0. The van der Waals surface area contributed by atoms with E-state index >= 15 is 0 Å². The summed E-state index contributed by atoms with van der Waals surface area (Å²) in [5.74, 6) is 0.322. The van der Waals surface area contributed by atoms with Gasteiger partial charge < -0.3 is 10.0 Å². The molecule has 0 radical (unpaired) electrons. The molecule has 0 fully saturated rings. The highest BCUT2D eigenvalue weighted by Crippen LogP contribution is 2.52. The predicted molar refractivity (Wildman–Crippen MR) is 174 cm³/mol. The minimum absolute atomic E-state index is 0.0972. The number of anilines is 3. The van der Waals surface area contributed by atoms with Crippen LogP contribution in [0.2, 0.25) is 0 Å². The topological polar surface area (TPSA) is 23.5 Å². The Morgan fingerprint density at radius 3 is 1.95 bits per heavy atom. The number of phenolic OH excluding ortho intramolecular Hbond substituents is 1. The largest absolute Gasteiger partial charge is 0.507 e. The van der Waals surface area contributed by atoms with Crippen LogP contribution in [0.1, 0.15) is 25.0 Å². The molecule has 0 spiro atoms. The number of aromatic hydroxyl groups is 1. The molecule has 0 atom stereocenters. The van der Waals surface area contributed by atoms with E-state index in [9.17, 15) is 5.11 Å². The van der Waals surface area contributed by atoms with E-state index in [1.165, 1.54) is 48.8 Å². The Morgan fingerprint density at radius 1 is 0.488 bits per heavy atom. The van der Waals surface area contributed by atoms with Gasteiger partial charge in [-0.2, -0.15) is 0 Å². The highest BCUT2D eigenvalue weighted by atomic mass is 16.3. The van der Waals surface area contributed by atoms with Gasteiger partial charge in [0.2, 0.25) is 0 Å². The Hall–Kier alpha value is -5.08. The van der Waals surface area contributed by atoms with Crippen molar-refractivity contribution in [3.8, 4) is 5.75 Å². The van der Waals surface area contributed by atoms with Crippen molar-refractivity contribution in [2.45, 2.75) is 19.3 Å². The van der Waals surface area contributed by atoms with Crippen molar-refractivity contribution < 1.29 is 5.11 Å². The summed E-state index contributed by atoms with van der Waals surface area (Å²) in [6, 6.07) is 43.6. The summed E-state index contributed by atoms with van der Waals surface area (Å²) in [5, 5.41) is 22.8. The molecular weight excluding hydrogens is 498 g/mol. The summed E-state index contributed by atoms with van der Waals surface area (Å²) < 4.78 is 0. The first-order valence-electron chi connectivity index (χ1n) is 14.3. The van der Waals surface area contributed by atoms with Crippen molar-refractivity contribution in [2.24, 2.45) is 0 Å². The van der Waals surface area contributed by atoms with E-state index in [1.54, 1.807) is 6.07 Å². The first-order valence-corrected chi connectivity index (χ1v) is 14.3. The lowest BCUT2D eigenvalue weighted by molar-refractivity contribution is 0.482. The van der Waals surface area contributed by atoms with Crippen LogP contribution in [0.4, 0.5) is 17.1 Å². The minimum atomic E-state index is -0.0972. The van der Waals surface area contributed by atoms with Crippen LogP contribution >= 0.6 is 0 Å². The zero-order valence-corrected chi connectivity index (χ0v) is 22.9. The normalized spacial score (nSPS) is 13.9. The van der Waals surface area contributed by atoms with E-state index in [2.05, 4.69) is 122 Å². The number of hydrogen-bond donors (Lipinski definition) is 1. The fourth-order valence-corrected chi connectivity index (χ4v) is 7.48. The molecule has 1 aliphatic carbocycles. The number of rotatable bonds is 3. The van der Waals surface area contributed by atoms with E-state index in [0.29, 0.717) is 5.75 Å². The van der Waals surface area contributed by atoms with E-state index in [1.807, 2.05) is 12.1 Å². The van der Waals surface area contributed by atoms with Gasteiger partial charge >= 0.3 is 0 Å². The van der Waals surface area contributed by atoms with Crippen molar-refractivity contribution in [3.63, 3.8) is 0 Å². The van der Waals surface area contributed by atoms with Gasteiger partial charge in [0, 0.05) is 32.9 Å². The average Bonchev–Trinajstić information content (AvgIpc) is 3.24. The third-order valence-electron chi connectivity index (χ3n) is 9.42. The Bertz CT molecular complexity index is 2350. The standard InChI is InChI=1S/C39H27NO/c1-39(2)31-10-6-7-23-11-12-26-21-28(22-32(39)38(26)37(23)31)40(27-8-4-3-5-9-27)33-19-15-24-14-18-30-34(41)20-16-25-13-17-29(33)35(24)36(25)30/h3-22,41H,1-2H3. The molecule has 41 heavy (non-hydrogen) atoms. The van der Waals surface area contributed by atoms with Gasteiger partial charge in [0.05, 0.1) is 5.69 Å². The molecular formula is C39H27NO. The van der Waals surface area contributed by atoms with Crippen LogP contribution in [0.5, 0.6) is 5.75 Å². The average molecular weight is 526 g/mol. The molecule has 0 unspecified atom stereocenters. The van der Waals surface area contributed by atoms with Crippen LogP contribution < -0.4 is 4.90 Å². The number of hydrogen-bond acceptors (Lipinski definition) is 2. The zero-order chi connectivity index (χ0) is 27.5. The number of para-hydroxylation sites is 1. The maximum absolute atomic E-state index is 10.7. The fraction of sp³-hybridized carbons (Fsp3) is 0.0769. The van der Waals surface area contributed by atoms with E-state index in [4.69, 9.17) is 0 Å². The molecule has 2 heteroatoms. The van der Waals surface area contributed by atoms with Crippen molar-refractivity contribution in [3.05, 3.63) is 132 Å². The maximum Gasteiger partial charge on any atom is 0.123 e. The van der Waals surface area contributed by atoms with Crippen molar-refractivity contribution in [2.75, 3.05) is 4.90 Å². The second kappa shape index (κ2) is 7.77. The fourth-order valence-electron chi connectivity index (χ4n) is 7.48. The smallest absolute Gasteiger partial charge is 0.123 e. The summed E-state index contributed by atoms with van der Waals surface area (Å²) in [6.45, 7) is 4.71. The van der Waals surface area contributed by atoms with Crippen LogP contribution in [0.25, 0.3) is 53.9 Å². The van der Waals surface area contributed by atoms with Crippen LogP contribution in [-0.2, 0) is 5.41 Å². The van der Waals surface area contributed by atoms with Crippen LogP contribution in [0, 0.1) is 0 Å². The Balaban J connectivity index is 1.38. The highest BCUT2D eigenvalue weighted by molar-refractivity contribution is 6.27. The summed E-state index contributed by atoms with van der Waals surface area (Å²) in [7, 11) is 0. The maximum atomic E-state index is 10.7. The molecule has 1 N–H and O–H groups in total. The van der Waals surface area contributed by atoms with Crippen LogP contribution in [0.15, 0.2) is 121 Å². The molecule has 8 aromatic carbocycles. The Kier molecular flexibility index (Phi) is 4.30. The Morgan fingerprint density at radius 2 is 1.12 bits per heavy atom. The second-order valence-electron chi connectivity index (χ2n) is 11.9. The van der Waals surface area contributed by atoms with Gasteiger partial charge in [0.15, 0.2) is 0 Å². The molecule has 0 saturated heterocycles. The van der Waals surface area contributed by atoms with E-state index in [0.717, 1.165) is 33.2 Å². The predicted octanol–water partition coefficient (Wildman–Crippen LogP) is 10.7. The molecule has 0 bridgehead atoms. The minimum Gasteiger partial charge on any atom is -0.507 e. The first kappa shape index (κ1) is 22.7. The van der Waals surface area contributed by atoms with Gasteiger partial charge in [-0.25, -0.2) is 0 Å². The van der Waals surface area contributed by atoms with Gasteiger partial charge in [0.1, 0.15) is 5.75 Å². The van der Waals surface area contributed by atoms with E-state index < -0.39 is 0 Å². The lowest BCUT2D eigenvalue weighted by Gasteiger charge is -2.30. The zero-order valence-electron chi connectivity index (χ0n) is 22.9. The summed E-state index contributed by atoms with van der Waals surface area (Å²) in [6.07, 6.45) is 0. The van der Waals surface area contributed by atoms with E-state index in [-0.39, 0.29) is 5.41 Å². The number of phenols is 1. The molecule has 0 heterocycles. The summed E-state index contributed by atoms with van der Waals surface area (Å²) in [4.78, 5) is 2.41. The Labute approximate surface area is 238 Å². The van der Waals surface area contributed by atoms with Gasteiger partial charge in [-0.05, 0) is 85.2 Å². The van der Waals surface area contributed by atoms with Crippen molar-refractivity contribution >= 4 is 70.9 Å². The lowest BCUT2D eigenvalue weighted by Crippen LogP contribution is -2.17. The molecule has 0 saturated carbocycles. The third kappa shape index (κ3) is 2.92. The van der Waals surface area contributed by atoms with Crippen molar-refractivity contribution in [1.82, 2.24) is 0 Å². The highest BCUT2D eigenvalue weighted by Gasteiger charge is 2.35. The summed E-state index contributed by atoms with van der Waals surface area (Å²) in [5.41, 5.74) is 6.08. The van der Waals surface area contributed by atoms with Crippen molar-refractivity contribution in [1.29, 1.82) is 0 Å². The molecule has 8 aromatic rings. The lowest BCUT2D eigenvalue weighted by atomic mass is 9.81. The van der Waals surface area contributed by atoms with Gasteiger partial charge in [0.25, 0.3) is 0 Å². The summed E-state index contributed by atoms with van der Waals surface area (Å²) >= 11 is 0. The van der Waals surface area contributed by atoms with Crippen LogP contribution in [0.3, 0.4) is 0 Å². The van der Waals surface area contributed by atoms with Gasteiger partial charge in [-0.3, -0.25) is 0 Å². The monoisotopic (exact) mass is 525 g/mol. The van der Waals surface area contributed by atoms with Crippen LogP contribution in [-0.4, -0.2) is 5.11 Å². The molecule has 0 aromatic heterocycles. The van der Waals surface area contributed by atoms with Gasteiger partial charge in [-0.1, -0.05) is 98.8 Å². The molecule has 2 nitrogen and oxygen atoms in total. The van der Waals surface area contributed by atoms with Gasteiger partial charge in [-0.15, -0.1) is 0 Å². The number of benzene rings is 8.